The zero-order chi connectivity index (χ0) is 7.68. The van der Waals surface area contributed by atoms with E-state index in [0.717, 1.165) is 6.04 Å². The maximum atomic E-state index is 5.84. The number of hydrogen-bond donors (Lipinski definition) is 1. The van der Waals surface area contributed by atoms with Gasteiger partial charge in [0.05, 0.1) is 0 Å². The summed E-state index contributed by atoms with van der Waals surface area (Å²) < 4.78 is 0. The highest BCUT2D eigenvalue weighted by molar-refractivity contribution is 5.85. The van der Waals surface area contributed by atoms with Crippen LogP contribution in [0.4, 0.5) is 0 Å². The van der Waals surface area contributed by atoms with Crippen molar-refractivity contribution >= 4 is 12.4 Å². The van der Waals surface area contributed by atoms with Crippen LogP contribution in [0.15, 0.2) is 0 Å². The van der Waals surface area contributed by atoms with Gasteiger partial charge in [-0.2, -0.15) is 0 Å². The van der Waals surface area contributed by atoms with Crippen LogP contribution in [0.5, 0.6) is 0 Å². The molecule has 1 saturated carbocycles. The topological polar surface area (TPSA) is 29.3 Å². The monoisotopic (exact) mass is 190 g/mol. The third kappa shape index (κ3) is 2.12. The molecular formula is C9H19ClN2. The van der Waals surface area contributed by atoms with Gasteiger partial charge in [-0.15, -0.1) is 12.4 Å². The van der Waals surface area contributed by atoms with Gasteiger partial charge in [0.2, 0.25) is 0 Å². The van der Waals surface area contributed by atoms with E-state index >= 15 is 0 Å². The fraction of sp³-hybridized carbons (Fsp3) is 1.00. The number of halogens is 1. The summed E-state index contributed by atoms with van der Waals surface area (Å²) in [6, 6.07) is 1.40. The van der Waals surface area contributed by atoms with Crippen LogP contribution >= 0.6 is 12.4 Å². The Balaban J connectivity index is 0.000000720. The van der Waals surface area contributed by atoms with Crippen molar-refractivity contribution < 1.29 is 0 Å². The molecule has 0 aromatic carbocycles. The molecule has 1 aliphatic carbocycles. The van der Waals surface area contributed by atoms with Crippen molar-refractivity contribution in [1.82, 2.24) is 4.90 Å². The summed E-state index contributed by atoms with van der Waals surface area (Å²) in [6.45, 7) is 2.69. The predicted molar refractivity (Wildman–Crippen MR) is 53.7 cm³/mol. The van der Waals surface area contributed by atoms with Crippen molar-refractivity contribution in [3.8, 4) is 0 Å². The minimum atomic E-state index is 0. The second-order valence-electron chi connectivity index (χ2n) is 3.96. The molecule has 0 bridgehead atoms. The van der Waals surface area contributed by atoms with Crippen LogP contribution in [-0.2, 0) is 0 Å². The van der Waals surface area contributed by atoms with Crippen molar-refractivity contribution in [3.63, 3.8) is 0 Å². The molecule has 72 valence electrons. The molecule has 1 saturated heterocycles. The van der Waals surface area contributed by atoms with Crippen molar-refractivity contribution in [2.45, 2.75) is 44.2 Å². The molecule has 0 radical (unpaired) electrons. The fourth-order valence-electron chi connectivity index (χ4n) is 2.17. The summed E-state index contributed by atoms with van der Waals surface area (Å²) in [4.78, 5) is 2.62. The van der Waals surface area contributed by atoms with Gasteiger partial charge < -0.3 is 10.6 Å². The molecule has 2 rings (SSSR count). The third-order valence-electron chi connectivity index (χ3n) is 3.15. The van der Waals surface area contributed by atoms with E-state index in [0.29, 0.717) is 6.04 Å². The van der Waals surface area contributed by atoms with E-state index < -0.39 is 0 Å². The quantitative estimate of drug-likeness (QED) is 0.677. The van der Waals surface area contributed by atoms with Crippen LogP contribution in [-0.4, -0.2) is 30.1 Å². The van der Waals surface area contributed by atoms with E-state index in [1.165, 1.54) is 45.2 Å². The van der Waals surface area contributed by atoms with E-state index in [2.05, 4.69) is 4.90 Å². The lowest BCUT2D eigenvalue weighted by Crippen LogP contribution is -2.47. The lowest BCUT2D eigenvalue weighted by atomic mass is 9.89. The first-order valence-electron chi connectivity index (χ1n) is 4.86. The summed E-state index contributed by atoms with van der Waals surface area (Å²) >= 11 is 0. The van der Waals surface area contributed by atoms with Crippen LogP contribution in [0.2, 0.25) is 0 Å². The maximum Gasteiger partial charge on any atom is 0.00964 e. The van der Waals surface area contributed by atoms with Crippen molar-refractivity contribution in [2.75, 3.05) is 13.1 Å². The summed E-state index contributed by atoms with van der Waals surface area (Å²) in [5.41, 5.74) is 5.84. The normalized spacial score (nSPS) is 36.8. The van der Waals surface area contributed by atoms with E-state index in [4.69, 9.17) is 5.73 Å². The van der Waals surface area contributed by atoms with Crippen LogP contribution in [0.1, 0.15) is 32.1 Å². The summed E-state index contributed by atoms with van der Waals surface area (Å²) in [6.07, 6.45) is 6.62. The van der Waals surface area contributed by atoms with E-state index in [9.17, 15) is 0 Å². The molecule has 0 amide bonds. The first-order valence-corrected chi connectivity index (χ1v) is 4.86. The number of nitrogens with zero attached hydrogens (tertiary/aromatic N) is 1. The first-order chi connectivity index (χ1) is 5.36. The summed E-state index contributed by atoms with van der Waals surface area (Å²) in [5, 5.41) is 0. The van der Waals surface area contributed by atoms with Crippen molar-refractivity contribution in [1.29, 1.82) is 0 Å². The zero-order valence-electron chi connectivity index (χ0n) is 7.54. The summed E-state index contributed by atoms with van der Waals surface area (Å²) in [5.74, 6) is 0. The molecule has 2 fully saturated rings. The van der Waals surface area contributed by atoms with Crippen LogP contribution in [0.3, 0.4) is 0 Å². The highest BCUT2D eigenvalue weighted by Gasteiger charge is 2.27. The average Bonchev–Trinajstić information content (AvgIpc) is 1.90. The van der Waals surface area contributed by atoms with Crippen molar-refractivity contribution in [3.05, 3.63) is 0 Å². The Labute approximate surface area is 80.9 Å². The van der Waals surface area contributed by atoms with Gasteiger partial charge in [0.25, 0.3) is 0 Å². The largest absolute Gasteiger partial charge is 0.328 e. The number of nitrogens with two attached hydrogens (primary N) is 1. The minimum absolute atomic E-state index is 0. The molecule has 2 nitrogen and oxygen atoms in total. The molecule has 3 heteroatoms. The van der Waals surface area contributed by atoms with Gasteiger partial charge in [0.15, 0.2) is 0 Å². The van der Waals surface area contributed by atoms with Gasteiger partial charge >= 0.3 is 0 Å². The minimum Gasteiger partial charge on any atom is -0.328 e. The SMILES string of the molecule is Cl.NC1CCC(N2CCC2)CC1. The Hall–Kier alpha value is 0.210. The highest BCUT2D eigenvalue weighted by Crippen LogP contribution is 2.25. The first kappa shape index (κ1) is 10.3. The summed E-state index contributed by atoms with van der Waals surface area (Å²) in [7, 11) is 0. The molecule has 0 aromatic heterocycles. The van der Waals surface area contributed by atoms with E-state index in [1.54, 1.807) is 0 Å². The molecule has 1 aliphatic heterocycles. The molecule has 1 heterocycles. The van der Waals surface area contributed by atoms with Gasteiger partial charge in [-0.1, -0.05) is 0 Å². The molecule has 12 heavy (non-hydrogen) atoms. The lowest BCUT2D eigenvalue weighted by Gasteiger charge is -2.41. The average molecular weight is 191 g/mol. The molecule has 2 N–H and O–H groups in total. The molecule has 2 aliphatic rings. The Kier molecular flexibility index (Phi) is 3.81. The second kappa shape index (κ2) is 4.45. The molecule has 0 atom stereocenters. The Morgan fingerprint density at radius 2 is 1.58 bits per heavy atom. The van der Waals surface area contributed by atoms with E-state index in [1.807, 2.05) is 0 Å². The van der Waals surface area contributed by atoms with E-state index in [-0.39, 0.29) is 12.4 Å². The Bertz CT molecular complexity index is 128. The molecule has 0 aromatic rings. The van der Waals surface area contributed by atoms with Gasteiger partial charge in [-0.25, -0.2) is 0 Å². The van der Waals surface area contributed by atoms with Crippen molar-refractivity contribution in [2.24, 2.45) is 5.73 Å². The number of rotatable bonds is 1. The Morgan fingerprint density at radius 3 is 2.00 bits per heavy atom. The number of likely N-dealkylation sites (tertiary alicyclic amines) is 1. The van der Waals surface area contributed by atoms with Crippen LogP contribution in [0, 0.1) is 0 Å². The number of hydrogen-bond acceptors (Lipinski definition) is 2. The van der Waals surface area contributed by atoms with Gasteiger partial charge in [0, 0.05) is 12.1 Å². The standard InChI is InChI=1S/C9H18N2.ClH/c10-8-2-4-9(5-3-8)11-6-1-7-11;/h8-9H,1-7,10H2;1H. The molecule has 0 spiro atoms. The fourth-order valence-corrected chi connectivity index (χ4v) is 2.17. The zero-order valence-corrected chi connectivity index (χ0v) is 8.35. The molecule has 0 unspecified atom stereocenters. The second-order valence-corrected chi connectivity index (χ2v) is 3.96. The third-order valence-corrected chi connectivity index (χ3v) is 3.15. The van der Waals surface area contributed by atoms with Crippen LogP contribution < -0.4 is 5.73 Å². The van der Waals surface area contributed by atoms with Gasteiger partial charge in [-0.05, 0) is 45.2 Å². The van der Waals surface area contributed by atoms with Gasteiger partial charge in [0.1, 0.15) is 0 Å². The lowest BCUT2D eigenvalue weighted by molar-refractivity contribution is 0.0874. The predicted octanol–water partition coefficient (Wildman–Crippen LogP) is 1.38. The highest BCUT2D eigenvalue weighted by atomic mass is 35.5. The maximum absolute atomic E-state index is 5.84. The smallest absolute Gasteiger partial charge is 0.00964 e. The molecular weight excluding hydrogens is 172 g/mol. The Morgan fingerprint density at radius 1 is 1.00 bits per heavy atom. The van der Waals surface area contributed by atoms with Gasteiger partial charge in [-0.3, -0.25) is 0 Å². The van der Waals surface area contributed by atoms with Crippen LogP contribution in [0.25, 0.3) is 0 Å².